The van der Waals surface area contributed by atoms with Crippen molar-refractivity contribution in [1.29, 1.82) is 0 Å². The predicted octanol–water partition coefficient (Wildman–Crippen LogP) is 3.11. The van der Waals surface area contributed by atoms with Gasteiger partial charge in [-0.15, -0.1) is 11.3 Å². The van der Waals surface area contributed by atoms with Crippen LogP contribution < -0.4 is 9.64 Å². The number of para-hydroxylation sites is 1. The van der Waals surface area contributed by atoms with Gasteiger partial charge in [-0.3, -0.25) is 0 Å². The van der Waals surface area contributed by atoms with E-state index < -0.39 is 5.97 Å². The van der Waals surface area contributed by atoms with Crippen LogP contribution >= 0.6 is 11.3 Å². The van der Waals surface area contributed by atoms with Crippen molar-refractivity contribution < 1.29 is 14.6 Å². The van der Waals surface area contributed by atoms with Crippen LogP contribution in [0.2, 0.25) is 0 Å². The molecule has 21 heavy (non-hydrogen) atoms. The molecule has 110 valence electrons. The van der Waals surface area contributed by atoms with Crippen LogP contribution in [0.4, 0.5) is 5.69 Å². The van der Waals surface area contributed by atoms with E-state index in [1.165, 1.54) is 0 Å². The third-order valence-corrected chi connectivity index (χ3v) is 4.44. The summed E-state index contributed by atoms with van der Waals surface area (Å²) in [6.45, 7) is 5.26. The third-order valence-electron chi connectivity index (χ3n) is 3.64. The van der Waals surface area contributed by atoms with Gasteiger partial charge in [0.25, 0.3) is 0 Å². The molecule has 0 aliphatic carbocycles. The highest BCUT2D eigenvalue weighted by Crippen LogP contribution is 2.39. The average molecular weight is 304 g/mol. The summed E-state index contributed by atoms with van der Waals surface area (Å²) in [4.78, 5) is 18.0. The van der Waals surface area contributed by atoms with Gasteiger partial charge in [0.1, 0.15) is 12.2 Å². The fourth-order valence-electron chi connectivity index (χ4n) is 2.57. The summed E-state index contributed by atoms with van der Waals surface area (Å²) in [6.07, 6.45) is 0. The minimum atomic E-state index is -0.967. The second kappa shape index (κ2) is 5.37. The molecule has 1 atom stereocenters. The van der Waals surface area contributed by atoms with Gasteiger partial charge in [0.2, 0.25) is 0 Å². The first-order valence-corrected chi connectivity index (χ1v) is 7.63. The van der Waals surface area contributed by atoms with Crippen LogP contribution in [-0.4, -0.2) is 29.2 Å². The highest BCUT2D eigenvalue weighted by molar-refractivity contribution is 7.09. The Labute approximate surface area is 126 Å². The lowest BCUT2D eigenvalue weighted by molar-refractivity contribution is 0.0692. The Morgan fingerprint density at radius 3 is 3.00 bits per heavy atom. The molecule has 6 heteroatoms. The number of rotatable bonds is 3. The first-order valence-electron chi connectivity index (χ1n) is 6.75. The molecule has 0 spiro atoms. The standard InChI is InChI=1S/C15H16N2O3S/c1-9(12-8-21-10(2)16-12)17-6-7-20-14-11(15(18)19)4-3-5-13(14)17/h3-5,8-9H,6-7H2,1-2H3,(H,18,19). The van der Waals surface area contributed by atoms with Gasteiger partial charge >= 0.3 is 5.97 Å². The number of carboxylic acid groups (broad SMARTS) is 1. The number of hydrogen-bond donors (Lipinski definition) is 1. The van der Waals surface area contributed by atoms with Gasteiger partial charge in [0.05, 0.1) is 29.0 Å². The lowest BCUT2D eigenvalue weighted by atomic mass is 10.1. The van der Waals surface area contributed by atoms with Crippen molar-refractivity contribution in [2.45, 2.75) is 19.9 Å². The number of ether oxygens (including phenoxy) is 1. The monoisotopic (exact) mass is 304 g/mol. The normalized spacial score (nSPS) is 15.2. The number of nitrogens with zero attached hydrogens (tertiary/aromatic N) is 2. The maximum atomic E-state index is 11.3. The van der Waals surface area contributed by atoms with Crippen molar-refractivity contribution in [2.75, 3.05) is 18.1 Å². The molecule has 2 aromatic rings. The summed E-state index contributed by atoms with van der Waals surface area (Å²) in [7, 11) is 0. The molecule has 1 aliphatic heterocycles. The number of hydrogen-bond acceptors (Lipinski definition) is 5. The van der Waals surface area contributed by atoms with Crippen LogP contribution in [0.1, 0.15) is 34.0 Å². The number of carbonyl (C=O) groups is 1. The summed E-state index contributed by atoms with van der Waals surface area (Å²) >= 11 is 1.62. The fraction of sp³-hybridized carbons (Fsp3) is 0.333. The van der Waals surface area contributed by atoms with Crippen LogP contribution in [0.5, 0.6) is 5.75 Å². The van der Waals surface area contributed by atoms with Crippen molar-refractivity contribution in [1.82, 2.24) is 4.98 Å². The Morgan fingerprint density at radius 1 is 1.52 bits per heavy atom. The van der Waals surface area contributed by atoms with E-state index in [1.807, 2.05) is 13.0 Å². The summed E-state index contributed by atoms with van der Waals surface area (Å²) in [6, 6.07) is 5.31. The Bertz CT molecular complexity index is 683. The molecule has 1 aromatic carbocycles. The largest absolute Gasteiger partial charge is 0.489 e. The number of anilines is 1. The van der Waals surface area contributed by atoms with Gasteiger partial charge in [0.15, 0.2) is 5.75 Å². The smallest absolute Gasteiger partial charge is 0.339 e. The lowest BCUT2D eigenvalue weighted by Crippen LogP contribution is -2.35. The highest BCUT2D eigenvalue weighted by atomic mass is 32.1. The second-order valence-corrected chi connectivity index (χ2v) is 6.03. The molecule has 3 rings (SSSR count). The molecule has 1 aromatic heterocycles. The first-order chi connectivity index (χ1) is 10.1. The van der Waals surface area contributed by atoms with Gasteiger partial charge in [0, 0.05) is 5.38 Å². The van der Waals surface area contributed by atoms with Gasteiger partial charge in [-0.1, -0.05) is 6.07 Å². The molecule has 0 saturated heterocycles. The minimum Gasteiger partial charge on any atom is -0.489 e. The number of aromatic carboxylic acids is 1. The fourth-order valence-corrected chi connectivity index (χ4v) is 3.27. The molecule has 0 amide bonds. The van der Waals surface area contributed by atoms with Crippen molar-refractivity contribution in [2.24, 2.45) is 0 Å². The molecule has 0 bridgehead atoms. The molecule has 0 fully saturated rings. The zero-order valence-corrected chi connectivity index (χ0v) is 12.7. The number of benzene rings is 1. The van der Waals surface area contributed by atoms with Gasteiger partial charge < -0.3 is 14.7 Å². The highest BCUT2D eigenvalue weighted by Gasteiger charge is 2.28. The van der Waals surface area contributed by atoms with Crippen molar-refractivity contribution in [3.8, 4) is 5.75 Å². The molecule has 1 N–H and O–H groups in total. The topological polar surface area (TPSA) is 62.7 Å². The maximum Gasteiger partial charge on any atom is 0.339 e. The van der Waals surface area contributed by atoms with E-state index in [9.17, 15) is 9.90 Å². The predicted molar refractivity (Wildman–Crippen MR) is 81.5 cm³/mol. The van der Waals surface area contributed by atoms with Crippen LogP contribution in [0, 0.1) is 6.92 Å². The summed E-state index contributed by atoms with van der Waals surface area (Å²) < 4.78 is 5.60. The molecular formula is C15H16N2O3S. The van der Waals surface area contributed by atoms with E-state index in [-0.39, 0.29) is 11.6 Å². The van der Waals surface area contributed by atoms with E-state index in [0.717, 1.165) is 16.4 Å². The van der Waals surface area contributed by atoms with Crippen LogP contribution in [0.25, 0.3) is 0 Å². The number of aryl methyl sites for hydroxylation is 1. The van der Waals surface area contributed by atoms with Crippen molar-refractivity contribution in [3.63, 3.8) is 0 Å². The zero-order chi connectivity index (χ0) is 15.0. The zero-order valence-electron chi connectivity index (χ0n) is 11.9. The number of carboxylic acids is 1. The van der Waals surface area contributed by atoms with Crippen LogP contribution in [0.3, 0.4) is 0 Å². The lowest BCUT2D eigenvalue weighted by Gasteiger charge is -2.35. The van der Waals surface area contributed by atoms with E-state index in [1.54, 1.807) is 23.5 Å². The van der Waals surface area contributed by atoms with Gasteiger partial charge in [-0.05, 0) is 26.0 Å². The molecule has 1 unspecified atom stereocenters. The first kappa shape index (κ1) is 13.9. The number of fused-ring (bicyclic) bond motifs is 1. The molecule has 1 aliphatic rings. The van der Waals surface area contributed by atoms with E-state index in [0.29, 0.717) is 18.9 Å². The van der Waals surface area contributed by atoms with E-state index >= 15 is 0 Å². The summed E-state index contributed by atoms with van der Waals surface area (Å²) in [5.41, 5.74) is 2.03. The molecule has 2 heterocycles. The van der Waals surface area contributed by atoms with Crippen molar-refractivity contribution in [3.05, 3.63) is 39.8 Å². The minimum absolute atomic E-state index is 0.0849. The van der Waals surface area contributed by atoms with E-state index in [4.69, 9.17) is 4.74 Å². The average Bonchev–Trinajstić information content (AvgIpc) is 2.91. The Hall–Kier alpha value is -2.08. The second-order valence-electron chi connectivity index (χ2n) is 4.97. The van der Waals surface area contributed by atoms with Gasteiger partial charge in [-0.2, -0.15) is 0 Å². The Morgan fingerprint density at radius 2 is 2.33 bits per heavy atom. The van der Waals surface area contributed by atoms with Crippen LogP contribution in [0.15, 0.2) is 23.6 Å². The summed E-state index contributed by atoms with van der Waals surface area (Å²) in [5.74, 6) is -0.513. The van der Waals surface area contributed by atoms with Gasteiger partial charge in [-0.25, -0.2) is 9.78 Å². The molecule has 0 saturated carbocycles. The van der Waals surface area contributed by atoms with Crippen molar-refractivity contribution >= 4 is 23.0 Å². The quantitative estimate of drug-likeness (QED) is 0.944. The number of aromatic nitrogens is 1. The molecule has 0 radical (unpaired) electrons. The third kappa shape index (κ3) is 2.47. The Kier molecular flexibility index (Phi) is 3.55. The SMILES string of the molecule is Cc1nc(C(C)N2CCOc3c(C(=O)O)cccc32)cs1. The molecular weight excluding hydrogens is 288 g/mol. The maximum absolute atomic E-state index is 11.3. The van der Waals surface area contributed by atoms with E-state index in [2.05, 4.69) is 22.2 Å². The summed E-state index contributed by atoms with van der Waals surface area (Å²) in [5, 5.41) is 12.4. The molecule has 5 nitrogen and oxygen atoms in total. The Balaban J connectivity index is 2.01. The van der Waals surface area contributed by atoms with Crippen LogP contribution in [-0.2, 0) is 0 Å². The number of thiazole rings is 1.